The normalized spacial score (nSPS) is 10.7. The molecular weight excluding hydrogens is 264 g/mol. The van der Waals surface area contributed by atoms with Crippen molar-refractivity contribution in [2.75, 3.05) is 5.73 Å². The fourth-order valence-corrected chi connectivity index (χ4v) is 2.13. The average Bonchev–Trinajstić information content (AvgIpc) is 2.95. The van der Waals surface area contributed by atoms with Gasteiger partial charge in [0.05, 0.1) is 6.42 Å². The molecule has 0 saturated heterocycles. The second-order valence-electron chi connectivity index (χ2n) is 4.80. The highest BCUT2D eigenvalue weighted by Gasteiger charge is 2.08. The molecule has 0 spiro atoms. The van der Waals surface area contributed by atoms with E-state index in [1.807, 2.05) is 42.5 Å². The van der Waals surface area contributed by atoms with E-state index in [4.69, 9.17) is 10.3 Å². The highest BCUT2D eigenvalue weighted by molar-refractivity contribution is 5.46. The van der Waals surface area contributed by atoms with Gasteiger partial charge in [-0.25, -0.2) is 0 Å². The van der Waals surface area contributed by atoms with Crippen LogP contribution >= 0.6 is 0 Å². The molecule has 0 unspecified atom stereocenters. The number of benzene rings is 1. The minimum absolute atomic E-state index is 0.581. The molecule has 0 bridgehead atoms. The van der Waals surface area contributed by atoms with Crippen LogP contribution in [-0.4, -0.2) is 15.1 Å². The fraction of sp³-hybridized carbons (Fsp3) is 0.188. The smallest absolute Gasteiger partial charge is 0.226 e. The molecule has 0 amide bonds. The summed E-state index contributed by atoms with van der Waals surface area (Å²) in [7, 11) is 0. The molecule has 0 aliphatic carbocycles. The van der Waals surface area contributed by atoms with Crippen LogP contribution in [0.3, 0.4) is 0 Å². The van der Waals surface area contributed by atoms with Crippen molar-refractivity contribution < 1.29 is 4.52 Å². The van der Waals surface area contributed by atoms with Crippen LogP contribution in [0, 0.1) is 0 Å². The van der Waals surface area contributed by atoms with Crippen molar-refractivity contribution in [1.82, 2.24) is 15.1 Å². The highest BCUT2D eigenvalue weighted by atomic mass is 16.5. The van der Waals surface area contributed by atoms with Gasteiger partial charge in [0.2, 0.25) is 5.89 Å². The highest BCUT2D eigenvalue weighted by Crippen LogP contribution is 2.13. The van der Waals surface area contributed by atoms with E-state index in [1.54, 1.807) is 6.20 Å². The molecule has 0 aliphatic rings. The third-order valence-corrected chi connectivity index (χ3v) is 3.24. The number of nitrogens with zero attached hydrogens (tertiary/aromatic N) is 3. The zero-order valence-corrected chi connectivity index (χ0v) is 11.6. The van der Waals surface area contributed by atoms with E-state index in [0.717, 1.165) is 23.4 Å². The van der Waals surface area contributed by atoms with Crippen LogP contribution in [0.4, 0.5) is 5.69 Å². The van der Waals surface area contributed by atoms with E-state index in [0.29, 0.717) is 24.6 Å². The van der Waals surface area contributed by atoms with Crippen LogP contribution in [0.2, 0.25) is 0 Å². The molecule has 2 N–H and O–H groups in total. The molecule has 0 radical (unpaired) electrons. The Morgan fingerprint density at radius 2 is 1.86 bits per heavy atom. The summed E-state index contributed by atoms with van der Waals surface area (Å²) >= 11 is 0. The zero-order valence-electron chi connectivity index (χ0n) is 11.6. The van der Waals surface area contributed by atoms with Crippen molar-refractivity contribution in [2.45, 2.75) is 19.3 Å². The minimum atomic E-state index is 0.581. The number of nitrogens with two attached hydrogens (primary N) is 1. The SMILES string of the molecule is Nc1ccccc1CCc1nc(Cc2ccccn2)no1. The lowest BCUT2D eigenvalue weighted by Gasteiger charge is -2.02. The first-order valence-electron chi connectivity index (χ1n) is 6.86. The second-order valence-corrected chi connectivity index (χ2v) is 4.80. The Labute approximate surface area is 122 Å². The van der Waals surface area contributed by atoms with Gasteiger partial charge < -0.3 is 10.3 Å². The van der Waals surface area contributed by atoms with Gasteiger partial charge in [-0.2, -0.15) is 4.98 Å². The Bertz CT molecular complexity index is 709. The van der Waals surface area contributed by atoms with Crippen LogP contribution in [-0.2, 0) is 19.3 Å². The number of nitrogen functional groups attached to an aromatic ring is 1. The maximum atomic E-state index is 5.92. The second kappa shape index (κ2) is 6.17. The first kappa shape index (κ1) is 13.3. The van der Waals surface area contributed by atoms with E-state index in [9.17, 15) is 0 Å². The topological polar surface area (TPSA) is 77.8 Å². The monoisotopic (exact) mass is 280 g/mol. The minimum Gasteiger partial charge on any atom is -0.399 e. The number of pyridine rings is 1. The fourth-order valence-electron chi connectivity index (χ4n) is 2.13. The number of aromatic nitrogens is 3. The van der Waals surface area contributed by atoms with Crippen LogP contribution in [0.5, 0.6) is 0 Å². The van der Waals surface area contributed by atoms with Crippen molar-refractivity contribution >= 4 is 5.69 Å². The van der Waals surface area contributed by atoms with Gasteiger partial charge in [-0.15, -0.1) is 0 Å². The number of aryl methyl sites for hydroxylation is 2. The summed E-state index contributed by atoms with van der Waals surface area (Å²) < 4.78 is 5.27. The molecule has 5 heteroatoms. The summed E-state index contributed by atoms with van der Waals surface area (Å²) in [6.45, 7) is 0. The van der Waals surface area contributed by atoms with Crippen LogP contribution in [0.25, 0.3) is 0 Å². The predicted octanol–water partition coefficient (Wildman–Crippen LogP) is 2.42. The van der Waals surface area contributed by atoms with Crippen molar-refractivity contribution in [2.24, 2.45) is 0 Å². The molecule has 2 aromatic heterocycles. The van der Waals surface area contributed by atoms with Crippen molar-refractivity contribution in [3.05, 3.63) is 71.6 Å². The first-order chi connectivity index (χ1) is 10.3. The summed E-state index contributed by atoms with van der Waals surface area (Å²) in [4.78, 5) is 8.64. The van der Waals surface area contributed by atoms with Crippen molar-refractivity contribution in [3.63, 3.8) is 0 Å². The molecule has 3 aromatic rings. The molecule has 0 saturated carbocycles. The van der Waals surface area contributed by atoms with E-state index < -0.39 is 0 Å². The molecule has 106 valence electrons. The lowest BCUT2D eigenvalue weighted by molar-refractivity contribution is 0.373. The number of hydrogen-bond acceptors (Lipinski definition) is 5. The van der Waals surface area contributed by atoms with Gasteiger partial charge in [0.1, 0.15) is 0 Å². The predicted molar refractivity (Wildman–Crippen MR) is 79.6 cm³/mol. The van der Waals surface area contributed by atoms with Gasteiger partial charge in [-0.05, 0) is 30.2 Å². The lowest BCUT2D eigenvalue weighted by Crippen LogP contribution is -1.97. The van der Waals surface area contributed by atoms with Gasteiger partial charge in [0.15, 0.2) is 5.82 Å². The molecule has 5 nitrogen and oxygen atoms in total. The van der Waals surface area contributed by atoms with E-state index in [2.05, 4.69) is 15.1 Å². The Kier molecular flexibility index (Phi) is 3.91. The van der Waals surface area contributed by atoms with Crippen LogP contribution in [0.15, 0.2) is 53.2 Å². The molecular formula is C16H16N4O. The lowest BCUT2D eigenvalue weighted by atomic mass is 10.1. The van der Waals surface area contributed by atoms with E-state index >= 15 is 0 Å². The standard InChI is InChI=1S/C16H16N4O/c17-14-7-2-1-5-12(14)8-9-16-19-15(20-21-16)11-13-6-3-4-10-18-13/h1-7,10H,8-9,11,17H2. The van der Waals surface area contributed by atoms with E-state index in [1.165, 1.54) is 0 Å². The van der Waals surface area contributed by atoms with Gasteiger partial charge in [0, 0.05) is 24.0 Å². The molecule has 21 heavy (non-hydrogen) atoms. The van der Waals surface area contributed by atoms with Crippen molar-refractivity contribution in [1.29, 1.82) is 0 Å². The summed E-state index contributed by atoms with van der Waals surface area (Å²) in [5.74, 6) is 1.29. The Balaban J connectivity index is 1.62. The van der Waals surface area contributed by atoms with Crippen LogP contribution < -0.4 is 5.73 Å². The number of para-hydroxylation sites is 1. The van der Waals surface area contributed by atoms with Crippen LogP contribution in [0.1, 0.15) is 23.0 Å². The number of hydrogen-bond donors (Lipinski definition) is 1. The molecule has 3 rings (SSSR count). The quantitative estimate of drug-likeness (QED) is 0.726. The maximum absolute atomic E-state index is 5.92. The molecule has 0 atom stereocenters. The van der Waals surface area contributed by atoms with Gasteiger partial charge in [-0.1, -0.05) is 29.4 Å². The number of anilines is 1. The molecule has 0 aliphatic heterocycles. The Morgan fingerprint density at radius 3 is 2.67 bits per heavy atom. The largest absolute Gasteiger partial charge is 0.399 e. The molecule has 0 fully saturated rings. The summed E-state index contributed by atoms with van der Waals surface area (Å²) in [5, 5.41) is 3.99. The Hall–Kier alpha value is -2.69. The molecule has 1 aromatic carbocycles. The first-order valence-corrected chi connectivity index (χ1v) is 6.86. The van der Waals surface area contributed by atoms with Crippen molar-refractivity contribution in [3.8, 4) is 0 Å². The maximum Gasteiger partial charge on any atom is 0.226 e. The summed E-state index contributed by atoms with van der Waals surface area (Å²) in [6.07, 6.45) is 3.81. The number of rotatable bonds is 5. The third-order valence-electron chi connectivity index (χ3n) is 3.24. The van der Waals surface area contributed by atoms with Gasteiger partial charge >= 0.3 is 0 Å². The van der Waals surface area contributed by atoms with Gasteiger partial charge in [-0.3, -0.25) is 4.98 Å². The average molecular weight is 280 g/mol. The Morgan fingerprint density at radius 1 is 1.00 bits per heavy atom. The summed E-state index contributed by atoms with van der Waals surface area (Å²) in [5.41, 5.74) is 8.74. The third kappa shape index (κ3) is 3.45. The molecule has 2 heterocycles. The zero-order chi connectivity index (χ0) is 14.5. The van der Waals surface area contributed by atoms with Gasteiger partial charge in [0.25, 0.3) is 0 Å². The van der Waals surface area contributed by atoms with E-state index in [-0.39, 0.29) is 0 Å². The summed E-state index contributed by atoms with van der Waals surface area (Å²) in [6, 6.07) is 13.6.